The van der Waals surface area contributed by atoms with Crippen LogP contribution in [-0.4, -0.2) is 10.1 Å². The SMILES string of the molecule is C[C@H](Cl)c1noc(-c2ccccc2)n1. The van der Waals surface area contributed by atoms with Gasteiger partial charge in [-0.05, 0) is 19.1 Å². The Hall–Kier alpha value is -1.35. The van der Waals surface area contributed by atoms with E-state index in [9.17, 15) is 0 Å². The molecule has 0 fully saturated rings. The molecule has 1 heterocycles. The number of hydrogen-bond acceptors (Lipinski definition) is 3. The Labute approximate surface area is 86.7 Å². The molecule has 0 aliphatic carbocycles. The summed E-state index contributed by atoms with van der Waals surface area (Å²) in [6, 6.07) is 9.60. The number of nitrogens with zero attached hydrogens (tertiary/aromatic N) is 2. The second-order valence-electron chi connectivity index (χ2n) is 2.94. The number of benzene rings is 1. The lowest BCUT2D eigenvalue weighted by Crippen LogP contribution is -1.86. The highest BCUT2D eigenvalue weighted by molar-refractivity contribution is 6.20. The van der Waals surface area contributed by atoms with E-state index in [1.807, 2.05) is 30.3 Å². The summed E-state index contributed by atoms with van der Waals surface area (Å²) < 4.78 is 5.07. The second-order valence-corrected chi connectivity index (χ2v) is 3.59. The van der Waals surface area contributed by atoms with Crippen molar-refractivity contribution in [3.63, 3.8) is 0 Å². The highest BCUT2D eigenvalue weighted by Gasteiger charge is 2.11. The third-order valence-corrected chi connectivity index (χ3v) is 2.01. The Kier molecular flexibility index (Phi) is 2.50. The first-order valence-corrected chi connectivity index (χ1v) is 4.74. The molecule has 0 bridgehead atoms. The highest BCUT2D eigenvalue weighted by Crippen LogP contribution is 2.21. The maximum absolute atomic E-state index is 5.82. The zero-order chi connectivity index (χ0) is 9.97. The van der Waals surface area contributed by atoms with Gasteiger partial charge in [0, 0.05) is 5.56 Å². The summed E-state index contributed by atoms with van der Waals surface area (Å²) in [4.78, 5) is 4.17. The quantitative estimate of drug-likeness (QED) is 0.712. The molecule has 3 nitrogen and oxygen atoms in total. The van der Waals surface area contributed by atoms with Gasteiger partial charge in [0.2, 0.25) is 0 Å². The van der Waals surface area contributed by atoms with E-state index in [4.69, 9.17) is 16.1 Å². The minimum absolute atomic E-state index is 0.226. The van der Waals surface area contributed by atoms with Crippen molar-refractivity contribution in [2.75, 3.05) is 0 Å². The van der Waals surface area contributed by atoms with Crippen LogP contribution < -0.4 is 0 Å². The molecule has 4 heteroatoms. The maximum Gasteiger partial charge on any atom is 0.257 e. The summed E-state index contributed by atoms with van der Waals surface area (Å²) in [5.41, 5.74) is 0.906. The molecule has 1 aromatic heterocycles. The molecule has 2 rings (SSSR count). The average Bonchev–Trinajstić information content (AvgIpc) is 2.68. The van der Waals surface area contributed by atoms with Gasteiger partial charge in [0.05, 0.1) is 5.38 Å². The zero-order valence-electron chi connectivity index (χ0n) is 7.64. The van der Waals surface area contributed by atoms with E-state index in [1.54, 1.807) is 6.92 Å². The van der Waals surface area contributed by atoms with Gasteiger partial charge >= 0.3 is 0 Å². The highest BCUT2D eigenvalue weighted by atomic mass is 35.5. The molecule has 1 aromatic carbocycles. The van der Waals surface area contributed by atoms with Crippen LogP contribution in [0.3, 0.4) is 0 Å². The zero-order valence-corrected chi connectivity index (χ0v) is 8.40. The van der Waals surface area contributed by atoms with Crippen molar-refractivity contribution in [1.82, 2.24) is 10.1 Å². The van der Waals surface area contributed by atoms with Crippen LogP contribution in [0.5, 0.6) is 0 Å². The van der Waals surface area contributed by atoms with Crippen LogP contribution in [0.4, 0.5) is 0 Å². The Morgan fingerprint density at radius 3 is 2.57 bits per heavy atom. The first-order chi connectivity index (χ1) is 6.77. The standard InChI is InChI=1S/C10H9ClN2O/c1-7(11)9-12-10(14-13-9)8-5-3-2-4-6-8/h2-7H,1H3/t7-/m0/s1. The van der Waals surface area contributed by atoms with Gasteiger partial charge < -0.3 is 4.52 Å². The van der Waals surface area contributed by atoms with Crippen LogP contribution in [0.25, 0.3) is 11.5 Å². The summed E-state index contributed by atoms with van der Waals surface area (Å²) in [6.45, 7) is 1.81. The molecule has 0 aliphatic rings. The Morgan fingerprint density at radius 1 is 1.29 bits per heavy atom. The number of halogens is 1. The number of hydrogen-bond donors (Lipinski definition) is 0. The molecular weight excluding hydrogens is 200 g/mol. The fourth-order valence-corrected chi connectivity index (χ4v) is 1.18. The fraction of sp³-hybridized carbons (Fsp3) is 0.200. The van der Waals surface area contributed by atoms with Crippen LogP contribution in [-0.2, 0) is 0 Å². The Morgan fingerprint density at radius 2 is 2.00 bits per heavy atom. The molecule has 0 N–H and O–H groups in total. The summed E-state index contributed by atoms with van der Waals surface area (Å²) in [5.74, 6) is 1.03. The van der Waals surface area contributed by atoms with E-state index in [2.05, 4.69) is 10.1 Å². The van der Waals surface area contributed by atoms with Crippen LogP contribution in [0, 0.1) is 0 Å². The third-order valence-electron chi connectivity index (χ3n) is 1.82. The van der Waals surface area contributed by atoms with Gasteiger partial charge in [-0.25, -0.2) is 0 Å². The van der Waals surface area contributed by atoms with E-state index >= 15 is 0 Å². The van der Waals surface area contributed by atoms with Gasteiger partial charge in [-0.1, -0.05) is 23.4 Å². The summed E-state index contributed by atoms with van der Waals surface area (Å²) >= 11 is 5.82. The normalized spacial score (nSPS) is 12.7. The first kappa shape index (κ1) is 9.21. The van der Waals surface area contributed by atoms with Gasteiger partial charge in [0.15, 0.2) is 5.82 Å². The van der Waals surface area contributed by atoms with Crippen molar-refractivity contribution < 1.29 is 4.52 Å². The molecule has 2 aromatic rings. The summed E-state index contributed by atoms with van der Waals surface area (Å²) in [6.07, 6.45) is 0. The third kappa shape index (κ3) is 1.77. The van der Waals surface area contributed by atoms with Crippen LogP contribution in [0.15, 0.2) is 34.9 Å². The topological polar surface area (TPSA) is 38.9 Å². The molecule has 72 valence electrons. The summed E-state index contributed by atoms with van der Waals surface area (Å²) in [7, 11) is 0. The predicted molar refractivity (Wildman–Crippen MR) is 54.0 cm³/mol. The van der Waals surface area contributed by atoms with Gasteiger partial charge in [0.25, 0.3) is 5.89 Å². The minimum atomic E-state index is -0.226. The molecule has 0 unspecified atom stereocenters. The van der Waals surface area contributed by atoms with Gasteiger partial charge in [-0.2, -0.15) is 4.98 Å². The molecule has 14 heavy (non-hydrogen) atoms. The maximum atomic E-state index is 5.82. The predicted octanol–water partition coefficient (Wildman–Crippen LogP) is 3.04. The number of alkyl halides is 1. The van der Waals surface area contributed by atoms with Gasteiger partial charge in [-0.3, -0.25) is 0 Å². The molecule has 0 amide bonds. The lowest BCUT2D eigenvalue weighted by Gasteiger charge is -1.91. The molecule has 0 saturated carbocycles. The van der Waals surface area contributed by atoms with E-state index < -0.39 is 0 Å². The lowest BCUT2D eigenvalue weighted by molar-refractivity contribution is 0.422. The second kappa shape index (κ2) is 3.80. The van der Waals surface area contributed by atoms with Crippen molar-refractivity contribution in [3.8, 4) is 11.5 Å². The average molecular weight is 209 g/mol. The monoisotopic (exact) mass is 208 g/mol. The minimum Gasteiger partial charge on any atom is -0.334 e. The fourth-order valence-electron chi connectivity index (χ4n) is 1.09. The van der Waals surface area contributed by atoms with Crippen molar-refractivity contribution in [2.24, 2.45) is 0 Å². The molecule has 0 saturated heterocycles. The summed E-state index contributed by atoms with van der Waals surface area (Å²) in [5, 5.41) is 3.55. The van der Waals surface area contributed by atoms with E-state index in [1.165, 1.54) is 0 Å². The van der Waals surface area contributed by atoms with Crippen molar-refractivity contribution >= 4 is 11.6 Å². The molecule has 0 radical (unpaired) electrons. The van der Waals surface area contributed by atoms with Gasteiger partial charge in [0.1, 0.15) is 0 Å². The largest absolute Gasteiger partial charge is 0.334 e. The number of rotatable bonds is 2. The van der Waals surface area contributed by atoms with Crippen molar-refractivity contribution in [1.29, 1.82) is 0 Å². The van der Waals surface area contributed by atoms with E-state index in [0.29, 0.717) is 11.7 Å². The smallest absolute Gasteiger partial charge is 0.257 e. The molecular formula is C10H9ClN2O. The van der Waals surface area contributed by atoms with E-state index in [-0.39, 0.29) is 5.38 Å². The van der Waals surface area contributed by atoms with E-state index in [0.717, 1.165) is 5.56 Å². The lowest BCUT2D eigenvalue weighted by atomic mass is 10.2. The number of aromatic nitrogens is 2. The van der Waals surface area contributed by atoms with Crippen molar-refractivity contribution in [2.45, 2.75) is 12.3 Å². The Bertz CT molecular complexity index is 411. The van der Waals surface area contributed by atoms with Crippen molar-refractivity contribution in [3.05, 3.63) is 36.2 Å². The molecule has 0 aliphatic heterocycles. The van der Waals surface area contributed by atoms with Crippen LogP contribution >= 0.6 is 11.6 Å². The van der Waals surface area contributed by atoms with Crippen LogP contribution in [0.2, 0.25) is 0 Å². The first-order valence-electron chi connectivity index (χ1n) is 4.30. The van der Waals surface area contributed by atoms with Crippen LogP contribution in [0.1, 0.15) is 18.1 Å². The molecule has 1 atom stereocenters. The molecule has 0 spiro atoms. The van der Waals surface area contributed by atoms with Gasteiger partial charge in [-0.15, -0.1) is 11.6 Å². The Balaban J connectivity index is 2.34.